The fourth-order valence-corrected chi connectivity index (χ4v) is 3.42. The van der Waals surface area contributed by atoms with Crippen molar-refractivity contribution in [2.75, 3.05) is 26.0 Å². The van der Waals surface area contributed by atoms with Crippen LogP contribution in [0.15, 0.2) is 34.2 Å². The Kier molecular flexibility index (Phi) is 9.14. The SMILES string of the molecule is COC(=O)CCn1c(SCC(=O)NCCCOC(C)C)nc2ccccc2c1=O. The molecule has 0 aliphatic heterocycles. The first-order chi connectivity index (χ1) is 13.9. The maximum Gasteiger partial charge on any atom is 0.307 e. The summed E-state index contributed by atoms with van der Waals surface area (Å²) in [4.78, 5) is 41.0. The van der Waals surface area contributed by atoms with Crippen molar-refractivity contribution < 1.29 is 19.1 Å². The summed E-state index contributed by atoms with van der Waals surface area (Å²) in [6, 6.07) is 7.01. The van der Waals surface area contributed by atoms with Crippen LogP contribution < -0.4 is 10.9 Å². The van der Waals surface area contributed by atoms with E-state index >= 15 is 0 Å². The van der Waals surface area contributed by atoms with Crippen molar-refractivity contribution in [3.63, 3.8) is 0 Å². The molecule has 0 fully saturated rings. The maximum atomic E-state index is 12.8. The van der Waals surface area contributed by atoms with Crippen LogP contribution in [0, 0.1) is 0 Å². The normalized spacial score (nSPS) is 11.0. The van der Waals surface area contributed by atoms with Crippen molar-refractivity contribution in [3.8, 4) is 0 Å². The Hall–Kier alpha value is -2.39. The summed E-state index contributed by atoms with van der Waals surface area (Å²) in [6.45, 7) is 5.17. The Bertz CT molecular complexity index is 897. The topological polar surface area (TPSA) is 99.5 Å². The molecule has 1 heterocycles. The number of carbonyl (C=O) groups excluding carboxylic acids is 2. The van der Waals surface area contributed by atoms with E-state index in [2.05, 4.69) is 15.0 Å². The fraction of sp³-hybridized carbons (Fsp3) is 0.500. The zero-order chi connectivity index (χ0) is 21.2. The van der Waals surface area contributed by atoms with Gasteiger partial charge < -0.3 is 14.8 Å². The van der Waals surface area contributed by atoms with Crippen molar-refractivity contribution in [3.05, 3.63) is 34.6 Å². The number of rotatable bonds is 11. The monoisotopic (exact) mass is 421 g/mol. The van der Waals surface area contributed by atoms with Crippen molar-refractivity contribution in [2.24, 2.45) is 0 Å². The molecule has 0 bridgehead atoms. The zero-order valence-corrected chi connectivity index (χ0v) is 17.8. The number of esters is 1. The molecule has 1 N–H and O–H groups in total. The molecule has 2 aromatic rings. The number of nitrogens with zero attached hydrogens (tertiary/aromatic N) is 2. The van der Waals surface area contributed by atoms with Gasteiger partial charge in [0.05, 0.1) is 36.3 Å². The summed E-state index contributed by atoms with van der Waals surface area (Å²) in [5.74, 6) is -0.447. The summed E-state index contributed by atoms with van der Waals surface area (Å²) in [5, 5.41) is 3.70. The second-order valence-electron chi connectivity index (χ2n) is 6.61. The number of benzene rings is 1. The number of amides is 1. The van der Waals surface area contributed by atoms with E-state index in [-0.39, 0.29) is 36.3 Å². The number of carbonyl (C=O) groups is 2. The molecule has 2 rings (SSSR count). The molecule has 0 spiro atoms. The van der Waals surface area contributed by atoms with Gasteiger partial charge in [-0.05, 0) is 32.4 Å². The number of hydrogen-bond donors (Lipinski definition) is 1. The lowest BCUT2D eigenvalue weighted by atomic mass is 10.2. The lowest BCUT2D eigenvalue weighted by molar-refractivity contribution is -0.140. The van der Waals surface area contributed by atoms with E-state index in [1.54, 1.807) is 24.3 Å². The summed E-state index contributed by atoms with van der Waals surface area (Å²) in [7, 11) is 1.30. The number of aromatic nitrogens is 2. The summed E-state index contributed by atoms with van der Waals surface area (Å²) >= 11 is 1.17. The third-order valence-corrected chi connectivity index (χ3v) is 5.00. The standard InChI is InChI=1S/C20H27N3O5S/c1-14(2)28-12-6-10-21-17(24)13-29-20-22-16-8-5-4-7-15(16)19(26)23(20)11-9-18(25)27-3/h4-5,7-8,14H,6,9-13H2,1-3H3,(H,21,24). The molecule has 1 aromatic heterocycles. The molecule has 158 valence electrons. The van der Waals surface area contributed by atoms with Crippen LogP contribution in [-0.4, -0.2) is 53.5 Å². The summed E-state index contributed by atoms with van der Waals surface area (Å²) in [5.41, 5.74) is 0.314. The minimum atomic E-state index is -0.414. The average Bonchev–Trinajstić information content (AvgIpc) is 2.71. The van der Waals surface area contributed by atoms with Crippen LogP contribution >= 0.6 is 11.8 Å². The Morgan fingerprint density at radius 2 is 2.03 bits per heavy atom. The van der Waals surface area contributed by atoms with Gasteiger partial charge in [-0.1, -0.05) is 23.9 Å². The Labute approximate surface area is 174 Å². The molecule has 0 radical (unpaired) electrons. The van der Waals surface area contributed by atoms with Gasteiger partial charge in [-0.3, -0.25) is 19.0 Å². The fourth-order valence-electron chi connectivity index (χ4n) is 2.56. The van der Waals surface area contributed by atoms with Crippen molar-refractivity contribution in [1.29, 1.82) is 0 Å². The van der Waals surface area contributed by atoms with E-state index in [9.17, 15) is 14.4 Å². The molecule has 8 nitrogen and oxygen atoms in total. The number of nitrogens with one attached hydrogen (secondary N) is 1. The first-order valence-corrected chi connectivity index (χ1v) is 10.5. The molecule has 1 aromatic carbocycles. The van der Waals surface area contributed by atoms with E-state index in [1.165, 1.54) is 23.4 Å². The first kappa shape index (κ1) is 22.9. The van der Waals surface area contributed by atoms with Crippen molar-refractivity contribution >= 4 is 34.5 Å². The van der Waals surface area contributed by atoms with E-state index in [1.807, 2.05) is 13.8 Å². The third-order valence-electron chi connectivity index (χ3n) is 4.02. The molecule has 0 saturated heterocycles. The number of ether oxygens (including phenoxy) is 2. The Balaban J connectivity index is 2.05. The zero-order valence-electron chi connectivity index (χ0n) is 17.0. The van der Waals surface area contributed by atoms with Crippen molar-refractivity contribution in [2.45, 2.75) is 44.5 Å². The molecular weight excluding hydrogens is 394 g/mol. The number of para-hydroxylation sites is 1. The van der Waals surface area contributed by atoms with Gasteiger partial charge in [0, 0.05) is 19.7 Å². The highest BCUT2D eigenvalue weighted by Gasteiger charge is 2.14. The van der Waals surface area contributed by atoms with Gasteiger partial charge in [0.15, 0.2) is 5.16 Å². The number of methoxy groups -OCH3 is 1. The highest BCUT2D eigenvalue weighted by molar-refractivity contribution is 7.99. The second-order valence-corrected chi connectivity index (χ2v) is 7.55. The van der Waals surface area contributed by atoms with E-state index in [0.717, 1.165) is 6.42 Å². The number of thioether (sulfide) groups is 1. The lowest BCUT2D eigenvalue weighted by Crippen LogP contribution is -2.28. The van der Waals surface area contributed by atoms with Gasteiger partial charge in [-0.2, -0.15) is 0 Å². The van der Waals surface area contributed by atoms with Crippen LogP contribution in [0.2, 0.25) is 0 Å². The predicted molar refractivity (Wildman–Crippen MR) is 112 cm³/mol. The molecule has 0 atom stereocenters. The van der Waals surface area contributed by atoms with Crippen LogP contribution in [0.5, 0.6) is 0 Å². The quantitative estimate of drug-likeness (QED) is 0.256. The van der Waals surface area contributed by atoms with Gasteiger partial charge in [-0.25, -0.2) is 4.98 Å². The highest BCUT2D eigenvalue weighted by Crippen LogP contribution is 2.18. The molecular formula is C20H27N3O5S. The Morgan fingerprint density at radius 3 is 2.76 bits per heavy atom. The van der Waals surface area contributed by atoms with Gasteiger partial charge >= 0.3 is 5.97 Å². The first-order valence-electron chi connectivity index (χ1n) is 9.50. The molecule has 9 heteroatoms. The smallest absolute Gasteiger partial charge is 0.307 e. The van der Waals surface area contributed by atoms with E-state index in [4.69, 9.17) is 4.74 Å². The molecule has 29 heavy (non-hydrogen) atoms. The van der Waals surface area contributed by atoms with E-state index in [0.29, 0.717) is 29.2 Å². The summed E-state index contributed by atoms with van der Waals surface area (Å²) < 4.78 is 11.5. The van der Waals surface area contributed by atoms with E-state index < -0.39 is 5.97 Å². The number of fused-ring (bicyclic) bond motifs is 1. The molecule has 0 aliphatic carbocycles. The molecule has 0 saturated carbocycles. The Morgan fingerprint density at radius 1 is 1.28 bits per heavy atom. The lowest BCUT2D eigenvalue weighted by Gasteiger charge is -2.13. The second kappa shape index (κ2) is 11.6. The van der Waals surface area contributed by atoms with Crippen LogP contribution in [0.25, 0.3) is 10.9 Å². The van der Waals surface area contributed by atoms with Crippen LogP contribution in [0.1, 0.15) is 26.7 Å². The van der Waals surface area contributed by atoms with Gasteiger partial charge in [0.2, 0.25) is 5.91 Å². The third kappa shape index (κ3) is 7.17. The predicted octanol–water partition coefficient (Wildman–Crippen LogP) is 1.98. The largest absolute Gasteiger partial charge is 0.469 e. The van der Waals surface area contributed by atoms with Crippen LogP contribution in [0.4, 0.5) is 0 Å². The van der Waals surface area contributed by atoms with Gasteiger partial charge in [0.1, 0.15) is 0 Å². The number of hydrogen-bond acceptors (Lipinski definition) is 7. The average molecular weight is 422 g/mol. The summed E-state index contributed by atoms with van der Waals surface area (Å²) in [6.07, 6.45) is 0.945. The van der Waals surface area contributed by atoms with Crippen LogP contribution in [0.3, 0.4) is 0 Å². The highest BCUT2D eigenvalue weighted by atomic mass is 32.2. The van der Waals surface area contributed by atoms with Gasteiger partial charge in [0.25, 0.3) is 5.56 Å². The van der Waals surface area contributed by atoms with Gasteiger partial charge in [-0.15, -0.1) is 0 Å². The minimum absolute atomic E-state index is 0.0477. The minimum Gasteiger partial charge on any atom is -0.469 e. The van der Waals surface area contributed by atoms with Crippen molar-refractivity contribution in [1.82, 2.24) is 14.9 Å². The molecule has 0 unspecified atom stereocenters. The van der Waals surface area contributed by atoms with Crippen LogP contribution in [-0.2, 0) is 25.6 Å². The maximum absolute atomic E-state index is 12.8. The molecule has 0 aliphatic rings. The molecule has 1 amide bonds.